The molecule has 0 aliphatic heterocycles. The number of aromatic nitrogens is 1. The highest BCUT2D eigenvalue weighted by atomic mass is 17.2. The van der Waals surface area contributed by atoms with Crippen molar-refractivity contribution in [3.63, 3.8) is 0 Å². The molecule has 1 amide bonds. The molecule has 7 heteroatoms. The standard InChI is InChI=1S/C30H30N2O5/c1-19-13-14-26(20(2)15-19)29(24-10-6-5-7-11-24)31-28(33)17-23-9-8-12-25(16-23)30(34)37-35-18-27-21(3)32-36-22(27)4/h5-16,29H,17-18H2,1-4H3,(H,31,33). The second-order valence-electron chi connectivity index (χ2n) is 9.08. The SMILES string of the molecule is Cc1ccc(C(NC(=O)Cc2cccc(C(=O)OOCc3c(C)noc3C)c2)c2ccccc2)c(C)c1. The van der Waals surface area contributed by atoms with E-state index >= 15 is 0 Å². The maximum Gasteiger partial charge on any atom is 0.373 e. The third-order valence-corrected chi connectivity index (χ3v) is 6.22. The first kappa shape index (κ1) is 25.9. The van der Waals surface area contributed by atoms with Crippen LogP contribution in [0.15, 0.2) is 77.3 Å². The minimum atomic E-state index is -0.647. The van der Waals surface area contributed by atoms with Crippen LogP contribution >= 0.6 is 0 Å². The van der Waals surface area contributed by atoms with E-state index in [4.69, 9.17) is 14.3 Å². The molecular weight excluding hydrogens is 468 g/mol. The molecule has 7 nitrogen and oxygen atoms in total. The van der Waals surface area contributed by atoms with E-state index in [0.29, 0.717) is 17.0 Å². The van der Waals surface area contributed by atoms with Crippen LogP contribution in [0.1, 0.15) is 61.2 Å². The fourth-order valence-electron chi connectivity index (χ4n) is 4.24. The summed E-state index contributed by atoms with van der Waals surface area (Å²) in [5.74, 6) is -0.198. The third kappa shape index (κ3) is 6.51. The van der Waals surface area contributed by atoms with Gasteiger partial charge >= 0.3 is 5.97 Å². The summed E-state index contributed by atoms with van der Waals surface area (Å²) >= 11 is 0. The highest BCUT2D eigenvalue weighted by Gasteiger charge is 2.20. The molecule has 0 radical (unpaired) electrons. The van der Waals surface area contributed by atoms with E-state index in [2.05, 4.69) is 22.6 Å². The van der Waals surface area contributed by atoms with Crippen molar-refractivity contribution in [3.8, 4) is 0 Å². The Balaban J connectivity index is 1.42. The average molecular weight is 499 g/mol. The molecule has 0 fully saturated rings. The second-order valence-corrected chi connectivity index (χ2v) is 9.08. The van der Waals surface area contributed by atoms with Gasteiger partial charge in [0.05, 0.1) is 23.7 Å². The van der Waals surface area contributed by atoms with Gasteiger partial charge in [-0.1, -0.05) is 71.4 Å². The summed E-state index contributed by atoms with van der Waals surface area (Å²) in [6, 6.07) is 22.6. The van der Waals surface area contributed by atoms with Crippen LogP contribution in [0.5, 0.6) is 0 Å². The van der Waals surface area contributed by atoms with Crippen molar-refractivity contribution in [1.82, 2.24) is 10.5 Å². The van der Waals surface area contributed by atoms with E-state index in [9.17, 15) is 9.59 Å². The Labute approximate surface area is 216 Å². The number of amides is 1. The van der Waals surface area contributed by atoms with Crippen molar-refractivity contribution in [1.29, 1.82) is 0 Å². The van der Waals surface area contributed by atoms with Gasteiger partial charge in [-0.25, -0.2) is 4.79 Å². The van der Waals surface area contributed by atoms with Crippen molar-refractivity contribution in [2.24, 2.45) is 0 Å². The molecular formula is C30H30N2O5. The summed E-state index contributed by atoms with van der Waals surface area (Å²) < 4.78 is 5.08. The number of benzene rings is 3. The van der Waals surface area contributed by atoms with E-state index in [1.54, 1.807) is 38.1 Å². The molecule has 1 aromatic heterocycles. The van der Waals surface area contributed by atoms with Crippen molar-refractivity contribution < 1.29 is 23.9 Å². The number of carbonyl (C=O) groups excluding carboxylic acids is 2. The minimum Gasteiger partial charge on any atom is -0.361 e. The fraction of sp³-hybridized carbons (Fsp3) is 0.233. The van der Waals surface area contributed by atoms with E-state index in [-0.39, 0.29) is 30.5 Å². The number of hydrogen-bond acceptors (Lipinski definition) is 6. The molecule has 0 bridgehead atoms. The summed E-state index contributed by atoms with van der Waals surface area (Å²) in [7, 11) is 0. The molecule has 1 unspecified atom stereocenters. The van der Waals surface area contributed by atoms with Gasteiger partial charge in [-0.15, -0.1) is 0 Å². The summed E-state index contributed by atoms with van der Waals surface area (Å²) in [4.78, 5) is 35.7. The molecule has 1 N–H and O–H groups in total. The number of nitrogens with zero attached hydrogens (tertiary/aromatic N) is 1. The van der Waals surface area contributed by atoms with E-state index in [1.165, 1.54) is 5.56 Å². The maximum absolute atomic E-state index is 13.1. The van der Waals surface area contributed by atoms with Crippen LogP contribution in [0.4, 0.5) is 0 Å². The van der Waals surface area contributed by atoms with Crippen LogP contribution in [0.3, 0.4) is 0 Å². The molecule has 0 spiro atoms. The van der Waals surface area contributed by atoms with Crippen molar-refractivity contribution in [2.45, 2.75) is 46.8 Å². The Morgan fingerprint density at radius 3 is 2.43 bits per heavy atom. The zero-order valence-corrected chi connectivity index (χ0v) is 21.4. The first-order valence-electron chi connectivity index (χ1n) is 12.1. The highest BCUT2D eigenvalue weighted by Crippen LogP contribution is 2.26. The Hall–Kier alpha value is -4.23. The molecule has 4 rings (SSSR count). The molecule has 1 atom stereocenters. The van der Waals surface area contributed by atoms with Crippen LogP contribution in [0, 0.1) is 27.7 Å². The summed E-state index contributed by atoms with van der Waals surface area (Å²) in [5, 5.41) is 7.02. The van der Waals surface area contributed by atoms with Gasteiger partial charge in [0.25, 0.3) is 0 Å². The van der Waals surface area contributed by atoms with Gasteiger partial charge in [-0.3, -0.25) is 9.68 Å². The molecule has 37 heavy (non-hydrogen) atoms. The molecule has 0 aliphatic carbocycles. The molecule has 1 heterocycles. The number of nitrogens with one attached hydrogen (secondary N) is 1. The Kier molecular flexibility index (Phi) is 8.15. The second kappa shape index (κ2) is 11.7. The zero-order chi connectivity index (χ0) is 26.4. The van der Waals surface area contributed by atoms with Gasteiger partial charge < -0.3 is 9.84 Å². The van der Waals surface area contributed by atoms with E-state index in [1.807, 2.05) is 50.2 Å². The number of hydrogen-bond donors (Lipinski definition) is 1. The van der Waals surface area contributed by atoms with Crippen LogP contribution < -0.4 is 5.32 Å². The summed E-state index contributed by atoms with van der Waals surface area (Å²) in [5.41, 5.74) is 6.69. The van der Waals surface area contributed by atoms with Crippen molar-refractivity contribution in [3.05, 3.63) is 123 Å². The number of rotatable bonds is 9. The zero-order valence-electron chi connectivity index (χ0n) is 21.4. The van der Waals surface area contributed by atoms with Gasteiger partial charge in [0.1, 0.15) is 12.4 Å². The molecule has 0 aliphatic rings. The van der Waals surface area contributed by atoms with Crippen LogP contribution in [-0.2, 0) is 27.6 Å². The molecule has 3 aromatic carbocycles. The van der Waals surface area contributed by atoms with Gasteiger partial charge in [0.2, 0.25) is 5.91 Å². The Bertz CT molecular complexity index is 1370. The van der Waals surface area contributed by atoms with Crippen molar-refractivity contribution in [2.75, 3.05) is 0 Å². The predicted molar refractivity (Wildman–Crippen MR) is 139 cm³/mol. The summed E-state index contributed by atoms with van der Waals surface area (Å²) in [6.07, 6.45) is 0.106. The smallest absolute Gasteiger partial charge is 0.361 e. The van der Waals surface area contributed by atoms with Gasteiger partial charge in [0.15, 0.2) is 0 Å². The predicted octanol–water partition coefficient (Wildman–Crippen LogP) is 5.65. The minimum absolute atomic E-state index is 0.0360. The van der Waals surface area contributed by atoms with Gasteiger partial charge in [0, 0.05) is 5.56 Å². The Morgan fingerprint density at radius 1 is 0.946 bits per heavy atom. The quantitative estimate of drug-likeness (QED) is 0.237. The lowest BCUT2D eigenvalue weighted by Gasteiger charge is -2.22. The monoisotopic (exact) mass is 498 g/mol. The molecule has 0 saturated carbocycles. The Morgan fingerprint density at radius 2 is 1.73 bits per heavy atom. The van der Waals surface area contributed by atoms with Crippen molar-refractivity contribution >= 4 is 11.9 Å². The normalized spacial score (nSPS) is 11.7. The number of aryl methyl sites for hydroxylation is 4. The third-order valence-electron chi connectivity index (χ3n) is 6.22. The van der Waals surface area contributed by atoms with Crippen LogP contribution in [0.2, 0.25) is 0 Å². The first-order valence-corrected chi connectivity index (χ1v) is 12.1. The van der Waals surface area contributed by atoms with Gasteiger partial charge in [-0.05, 0) is 62.1 Å². The topological polar surface area (TPSA) is 90.7 Å². The lowest BCUT2D eigenvalue weighted by Crippen LogP contribution is -2.31. The van der Waals surface area contributed by atoms with E-state index < -0.39 is 5.97 Å². The highest BCUT2D eigenvalue weighted by molar-refractivity contribution is 5.89. The molecule has 190 valence electrons. The number of carbonyl (C=O) groups is 2. The van der Waals surface area contributed by atoms with Gasteiger partial charge in [-0.2, -0.15) is 4.89 Å². The first-order chi connectivity index (χ1) is 17.8. The maximum atomic E-state index is 13.1. The molecule has 4 aromatic rings. The average Bonchev–Trinajstić information content (AvgIpc) is 3.20. The largest absolute Gasteiger partial charge is 0.373 e. The molecule has 0 saturated heterocycles. The van der Waals surface area contributed by atoms with Crippen LogP contribution in [-0.4, -0.2) is 17.0 Å². The van der Waals surface area contributed by atoms with Crippen LogP contribution in [0.25, 0.3) is 0 Å². The summed E-state index contributed by atoms with van der Waals surface area (Å²) in [6.45, 7) is 7.68. The lowest BCUT2D eigenvalue weighted by atomic mass is 9.93. The lowest BCUT2D eigenvalue weighted by molar-refractivity contribution is -0.250. The van der Waals surface area contributed by atoms with E-state index in [0.717, 1.165) is 22.3 Å². The fourth-order valence-corrected chi connectivity index (χ4v) is 4.24.